The fourth-order valence-electron chi connectivity index (χ4n) is 1.51. The Balaban J connectivity index is 1.85. The van der Waals surface area contributed by atoms with Crippen LogP contribution in [0.2, 0.25) is 0 Å². The third kappa shape index (κ3) is 4.04. The summed E-state index contributed by atoms with van der Waals surface area (Å²) in [6.45, 7) is 6.31. The molecule has 1 rings (SSSR count). The number of rotatable bonds is 6. The monoisotopic (exact) mass is 189 g/mol. The smallest absolute Gasteiger partial charge is 0.0872 e. The van der Waals surface area contributed by atoms with E-state index in [0.29, 0.717) is 13.2 Å². The molecule has 1 heterocycles. The molecule has 0 bridgehead atoms. The van der Waals surface area contributed by atoms with Crippen LogP contribution in [0.5, 0.6) is 0 Å². The molecule has 4 heteroatoms. The first kappa shape index (κ1) is 10.9. The van der Waals surface area contributed by atoms with Crippen molar-refractivity contribution in [1.29, 1.82) is 0 Å². The third-order valence-electron chi connectivity index (χ3n) is 2.11. The summed E-state index contributed by atoms with van der Waals surface area (Å²) in [7, 11) is 1.66. The number of β-amino-alcohol motifs (C(OH)–C–C–N with tert-alkyl or cyclic N) is 1. The Labute approximate surface area is 79.4 Å². The van der Waals surface area contributed by atoms with Gasteiger partial charge in [0.25, 0.3) is 0 Å². The fraction of sp³-hybridized carbons (Fsp3) is 1.00. The van der Waals surface area contributed by atoms with Crippen LogP contribution < -0.4 is 0 Å². The molecule has 0 radical (unpaired) electrons. The maximum absolute atomic E-state index is 9.42. The van der Waals surface area contributed by atoms with Gasteiger partial charge in [-0.15, -0.1) is 0 Å². The Morgan fingerprint density at radius 2 is 2.00 bits per heavy atom. The predicted octanol–water partition coefficient (Wildman–Crippen LogP) is -0.284. The zero-order valence-corrected chi connectivity index (χ0v) is 8.45. The molecule has 0 aromatic heterocycles. The van der Waals surface area contributed by atoms with Gasteiger partial charge in [0, 0.05) is 26.7 Å². The van der Waals surface area contributed by atoms with Gasteiger partial charge in [-0.1, -0.05) is 0 Å². The van der Waals surface area contributed by atoms with Gasteiger partial charge in [-0.2, -0.15) is 0 Å². The molecule has 0 aromatic rings. The summed E-state index contributed by atoms with van der Waals surface area (Å²) in [5.74, 6) is 0. The van der Waals surface area contributed by atoms with Crippen molar-refractivity contribution in [2.75, 3.05) is 46.6 Å². The van der Waals surface area contributed by atoms with E-state index >= 15 is 0 Å². The lowest BCUT2D eigenvalue weighted by Gasteiger charge is -2.44. The van der Waals surface area contributed by atoms with Crippen molar-refractivity contribution in [3.63, 3.8) is 0 Å². The van der Waals surface area contributed by atoms with Crippen molar-refractivity contribution in [2.45, 2.75) is 12.5 Å². The van der Waals surface area contributed by atoms with Crippen LogP contribution in [-0.4, -0.2) is 62.2 Å². The molecule has 13 heavy (non-hydrogen) atoms. The van der Waals surface area contributed by atoms with Crippen LogP contribution in [0.15, 0.2) is 0 Å². The SMILES string of the molecule is COCCOCCN1CC(C)(O)C1. The number of likely N-dealkylation sites (tertiary alicyclic amines) is 1. The maximum Gasteiger partial charge on any atom is 0.0872 e. The quantitative estimate of drug-likeness (QED) is 0.583. The van der Waals surface area contributed by atoms with E-state index in [1.54, 1.807) is 7.11 Å². The number of hydrogen-bond donors (Lipinski definition) is 1. The van der Waals surface area contributed by atoms with E-state index in [-0.39, 0.29) is 0 Å². The van der Waals surface area contributed by atoms with Crippen molar-refractivity contribution in [1.82, 2.24) is 4.90 Å². The summed E-state index contributed by atoms with van der Waals surface area (Å²) >= 11 is 0. The second-order valence-corrected chi connectivity index (χ2v) is 3.81. The summed E-state index contributed by atoms with van der Waals surface area (Å²) in [4.78, 5) is 2.17. The first-order valence-corrected chi connectivity index (χ1v) is 4.65. The van der Waals surface area contributed by atoms with E-state index in [1.807, 2.05) is 6.92 Å². The van der Waals surface area contributed by atoms with Crippen molar-refractivity contribution < 1.29 is 14.6 Å². The molecule has 0 spiro atoms. The third-order valence-corrected chi connectivity index (χ3v) is 2.11. The van der Waals surface area contributed by atoms with E-state index < -0.39 is 5.60 Å². The number of hydrogen-bond acceptors (Lipinski definition) is 4. The van der Waals surface area contributed by atoms with Crippen LogP contribution in [0.4, 0.5) is 0 Å². The summed E-state index contributed by atoms with van der Waals surface area (Å²) in [6.07, 6.45) is 0. The molecule has 0 aromatic carbocycles. The lowest BCUT2D eigenvalue weighted by Crippen LogP contribution is -2.60. The van der Waals surface area contributed by atoms with Crippen LogP contribution in [0.1, 0.15) is 6.92 Å². The van der Waals surface area contributed by atoms with Crippen LogP contribution in [0.3, 0.4) is 0 Å². The van der Waals surface area contributed by atoms with Gasteiger partial charge in [0.15, 0.2) is 0 Å². The summed E-state index contributed by atoms with van der Waals surface area (Å²) in [5.41, 5.74) is -0.466. The van der Waals surface area contributed by atoms with Crippen LogP contribution in [0, 0.1) is 0 Å². The van der Waals surface area contributed by atoms with Gasteiger partial charge in [-0.25, -0.2) is 0 Å². The Morgan fingerprint density at radius 3 is 2.54 bits per heavy atom. The number of methoxy groups -OCH3 is 1. The Kier molecular flexibility index (Phi) is 4.12. The molecule has 1 aliphatic rings. The Morgan fingerprint density at radius 1 is 1.31 bits per heavy atom. The van der Waals surface area contributed by atoms with Gasteiger partial charge < -0.3 is 14.6 Å². The van der Waals surface area contributed by atoms with Crippen molar-refractivity contribution >= 4 is 0 Å². The second kappa shape index (κ2) is 4.91. The molecule has 1 fully saturated rings. The highest BCUT2D eigenvalue weighted by Gasteiger charge is 2.35. The molecule has 0 unspecified atom stereocenters. The topological polar surface area (TPSA) is 41.9 Å². The van der Waals surface area contributed by atoms with Gasteiger partial charge in [0.05, 0.1) is 25.4 Å². The Hall–Kier alpha value is -0.160. The highest BCUT2D eigenvalue weighted by atomic mass is 16.5. The first-order chi connectivity index (χ1) is 6.14. The van der Waals surface area contributed by atoms with E-state index in [1.165, 1.54) is 0 Å². The molecule has 0 amide bonds. The first-order valence-electron chi connectivity index (χ1n) is 4.65. The summed E-state index contributed by atoms with van der Waals surface area (Å²) < 4.78 is 10.1. The van der Waals surface area contributed by atoms with Gasteiger partial charge in [-0.05, 0) is 6.92 Å². The maximum atomic E-state index is 9.42. The standard InChI is InChI=1S/C9H19NO3/c1-9(11)7-10(8-9)3-4-13-6-5-12-2/h11H,3-8H2,1-2H3. The fourth-order valence-corrected chi connectivity index (χ4v) is 1.51. The molecule has 0 atom stereocenters. The van der Waals surface area contributed by atoms with Crippen molar-refractivity contribution in [3.05, 3.63) is 0 Å². The highest BCUT2D eigenvalue weighted by Crippen LogP contribution is 2.18. The van der Waals surface area contributed by atoms with Gasteiger partial charge in [0.1, 0.15) is 0 Å². The molecule has 0 saturated carbocycles. The van der Waals surface area contributed by atoms with Crippen molar-refractivity contribution in [3.8, 4) is 0 Å². The highest BCUT2D eigenvalue weighted by molar-refractivity contribution is 4.90. The number of aliphatic hydroxyl groups is 1. The minimum absolute atomic E-state index is 0.466. The van der Waals surface area contributed by atoms with Crippen LogP contribution >= 0.6 is 0 Å². The van der Waals surface area contributed by atoms with Gasteiger partial charge >= 0.3 is 0 Å². The molecule has 1 saturated heterocycles. The largest absolute Gasteiger partial charge is 0.388 e. The average Bonchev–Trinajstić information content (AvgIpc) is 2.00. The summed E-state index contributed by atoms with van der Waals surface area (Å²) in [6, 6.07) is 0. The van der Waals surface area contributed by atoms with Crippen LogP contribution in [-0.2, 0) is 9.47 Å². The minimum atomic E-state index is -0.466. The zero-order chi connectivity index (χ0) is 9.73. The van der Waals surface area contributed by atoms with Gasteiger partial charge in [0.2, 0.25) is 0 Å². The van der Waals surface area contributed by atoms with E-state index in [9.17, 15) is 5.11 Å². The molecular weight excluding hydrogens is 170 g/mol. The molecule has 78 valence electrons. The molecule has 1 N–H and O–H groups in total. The Bertz CT molecular complexity index is 142. The van der Waals surface area contributed by atoms with E-state index in [0.717, 1.165) is 26.2 Å². The zero-order valence-electron chi connectivity index (χ0n) is 8.45. The molecule has 0 aliphatic carbocycles. The lowest BCUT2D eigenvalue weighted by atomic mass is 9.97. The lowest BCUT2D eigenvalue weighted by molar-refractivity contribution is -0.0910. The summed E-state index contributed by atoms with van der Waals surface area (Å²) in [5, 5.41) is 9.42. The van der Waals surface area contributed by atoms with E-state index in [2.05, 4.69) is 4.90 Å². The molecule has 1 aliphatic heterocycles. The molecule has 4 nitrogen and oxygen atoms in total. The second-order valence-electron chi connectivity index (χ2n) is 3.81. The average molecular weight is 189 g/mol. The van der Waals surface area contributed by atoms with Crippen molar-refractivity contribution in [2.24, 2.45) is 0 Å². The van der Waals surface area contributed by atoms with E-state index in [4.69, 9.17) is 9.47 Å². The van der Waals surface area contributed by atoms with Gasteiger partial charge in [-0.3, -0.25) is 4.90 Å². The predicted molar refractivity (Wildman–Crippen MR) is 49.8 cm³/mol. The molecular formula is C9H19NO3. The van der Waals surface area contributed by atoms with Crippen LogP contribution in [0.25, 0.3) is 0 Å². The number of ether oxygens (including phenoxy) is 2. The minimum Gasteiger partial charge on any atom is -0.388 e. The number of nitrogens with zero attached hydrogens (tertiary/aromatic N) is 1. The normalized spacial score (nSPS) is 21.5.